The number of hydrogen-bond donors (Lipinski definition) is 0. The van der Waals surface area contributed by atoms with Crippen molar-refractivity contribution in [3.8, 4) is 11.1 Å². The molecule has 1 radical (unpaired) electrons. The van der Waals surface area contributed by atoms with Gasteiger partial charge in [0.05, 0.1) is 0 Å². The summed E-state index contributed by atoms with van der Waals surface area (Å²) in [5, 5.41) is 5.71. The first kappa shape index (κ1) is 35.1. The van der Waals surface area contributed by atoms with Crippen LogP contribution in [0.15, 0.2) is 36.4 Å². The molecule has 211 valence electrons. The molecular weight excluding hydrogens is 607 g/mol. The van der Waals surface area contributed by atoms with E-state index in [-0.39, 0.29) is 51.0 Å². The summed E-state index contributed by atoms with van der Waals surface area (Å²) in [6, 6.07) is 17.8. The zero-order chi connectivity index (χ0) is 25.9. The molecule has 0 unspecified atom stereocenters. The molecule has 1 aliphatic rings. The van der Waals surface area contributed by atoms with E-state index in [1.54, 1.807) is 0 Å². The van der Waals surface area contributed by atoms with Gasteiger partial charge >= 0.3 is 26.2 Å². The average Bonchev–Trinajstić information content (AvgIpc) is 3.30. The minimum atomic E-state index is 0. The van der Waals surface area contributed by atoms with Crippen LogP contribution < -0.4 is 24.8 Å². The molecule has 0 aromatic heterocycles. The summed E-state index contributed by atoms with van der Waals surface area (Å²) in [6.07, 6.45) is 16.1. The summed E-state index contributed by atoms with van der Waals surface area (Å²) in [7, 11) is 0. The van der Waals surface area contributed by atoms with E-state index in [1.807, 2.05) is 0 Å². The quantitative estimate of drug-likeness (QED) is 0.106. The van der Waals surface area contributed by atoms with E-state index in [1.165, 1.54) is 136 Å². The molecule has 5 rings (SSSR count). The topological polar surface area (TPSA) is 0 Å². The fourth-order valence-electron chi connectivity index (χ4n) is 6.71. The summed E-state index contributed by atoms with van der Waals surface area (Å²) in [4.78, 5) is 0. The van der Waals surface area contributed by atoms with Crippen LogP contribution in [-0.4, -0.2) is 0 Å². The van der Waals surface area contributed by atoms with E-state index in [0.717, 1.165) is 12.8 Å². The van der Waals surface area contributed by atoms with Gasteiger partial charge in [0.2, 0.25) is 0 Å². The monoisotopic (exact) mass is 649 g/mol. The van der Waals surface area contributed by atoms with E-state index in [9.17, 15) is 0 Å². The molecule has 0 saturated heterocycles. The van der Waals surface area contributed by atoms with Gasteiger partial charge in [-0.15, -0.1) is 33.7 Å². The largest absolute Gasteiger partial charge is 3.00 e. The number of fused-ring (bicyclic) bond motifs is 8. The number of halogens is 2. The molecule has 40 heavy (non-hydrogen) atoms. The summed E-state index contributed by atoms with van der Waals surface area (Å²) in [6.45, 7) is 11.6. The molecule has 1 aliphatic carbocycles. The third-order valence-corrected chi connectivity index (χ3v) is 9.21. The van der Waals surface area contributed by atoms with Crippen molar-refractivity contribution in [2.45, 2.75) is 112 Å². The van der Waals surface area contributed by atoms with Crippen LogP contribution >= 0.6 is 0 Å². The molecule has 0 nitrogen and oxygen atoms in total. The molecule has 0 N–H and O–H groups in total. The molecule has 4 aromatic carbocycles. The minimum absolute atomic E-state index is 0. The van der Waals surface area contributed by atoms with Crippen LogP contribution in [-0.2, 0) is 39.0 Å². The van der Waals surface area contributed by atoms with E-state index in [2.05, 4.69) is 77.1 Å². The van der Waals surface area contributed by atoms with Crippen LogP contribution in [0.1, 0.15) is 110 Å². The van der Waals surface area contributed by atoms with Crippen LogP contribution in [0, 0.1) is 33.8 Å². The van der Waals surface area contributed by atoms with Gasteiger partial charge in [0.1, 0.15) is 0 Å². The third-order valence-electron chi connectivity index (χ3n) is 9.21. The summed E-state index contributed by atoms with van der Waals surface area (Å²) in [5.41, 5.74) is 13.0. The van der Waals surface area contributed by atoms with Gasteiger partial charge in [-0.3, -0.25) is 0 Å². The van der Waals surface area contributed by atoms with Crippen molar-refractivity contribution in [3.05, 3.63) is 81.4 Å². The first-order valence-electron chi connectivity index (χ1n) is 15.0. The Bertz CT molecular complexity index is 1440. The minimum Gasteiger partial charge on any atom is -1.00 e. The number of aryl methyl sites for hydroxylation is 4. The SMILES string of the molecule is CCCCCCCCCCCCc1[c-]c2c3c(c4ccc(C)c(C)c4c2c(C)c1C)-c1ccccc1C3.[Cl-].[Cl-].[Zr+3]. The molecule has 0 atom stereocenters. The van der Waals surface area contributed by atoms with Gasteiger partial charge < -0.3 is 24.8 Å². The van der Waals surface area contributed by atoms with Crippen LogP contribution in [0.4, 0.5) is 0 Å². The Kier molecular flexibility index (Phi) is 13.9. The molecule has 0 saturated carbocycles. The van der Waals surface area contributed by atoms with Crippen molar-refractivity contribution < 1.29 is 51.0 Å². The molecule has 0 heterocycles. The molecular formula is C37H45Cl2Zr. The van der Waals surface area contributed by atoms with Crippen LogP contribution in [0.5, 0.6) is 0 Å². The average molecular weight is 652 g/mol. The Hall–Kier alpha value is -1.14. The Labute approximate surface area is 275 Å². The Morgan fingerprint density at radius 3 is 1.98 bits per heavy atom. The predicted octanol–water partition coefficient (Wildman–Crippen LogP) is 5.07. The van der Waals surface area contributed by atoms with Gasteiger partial charge in [0.15, 0.2) is 0 Å². The second-order valence-electron chi connectivity index (χ2n) is 11.7. The molecule has 0 fully saturated rings. The van der Waals surface area contributed by atoms with E-state index >= 15 is 0 Å². The van der Waals surface area contributed by atoms with Gasteiger partial charge in [-0.05, 0) is 65.3 Å². The van der Waals surface area contributed by atoms with Crippen LogP contribution in [0.2, 0.25) is 0 Å². The maximum Gasteiger partial charge on any atom is 3.00 e. The number of unbranched alkanes of at least 4 members (excludes halogenated alkanes) is 9. The predicted molar refractivity (Wildman–Crippen MR) is 163 cm³/mol. The molecule has 0 bridgehead atoms. The Morgan fingerprint density at radius 2 is 1.30 bits per heavy atom. The molecule has 0 amide bonds. The number of hydrogen-bond acceptors (Lipinski definition) is 0. The van der Waals surface area contributed by atoms with Crippen molar-refractivity contribution in [1.82, 2.24) is 0 Å². The molecule has 0 aliphatic heterocycles. The van der Waals surface area contributed by atoms with Crippen LogP contribution in [0.3, 0.4) is 0 Å². The van der Waals surface area contributed by atoms with Gasteiger partial charge in [-0.1, -0.05) is 127 Å². The fraction of sp³-hybridized carbons (Fsp3) is 0.459. The van der Waals surface area contributed by atoms with Gasteiger partial charge in [-0.2, -0.15) is 0 Å². The summed E-state index contributed by atoms with van der Waals surface area (Å²) < 4.78 is 0. The first-order valence-corrected chi connectivity index (χ1v) is 15.0. The van der Waals surface area contributed by atoms with Crippen molar-refractivity contribution in [2.24, 2.45) is 0 Å². The maximum absolute atomic E-state index is 4.04. The van der Waals surface area contributed by atoms with E-state index in [4.69, 9.17) is 0 Å². The molecule has 3 heteroatoms. The van der Waals surface area contributed by atoms with Crippen molar-refractivity contribution in [2.75, 3.05) is 0 Å². The second-order valence-corrected chi connectivity index (χ2v) is 11.7. The van der Waals surface area contributed by atoms with Gasteiger partial charge in [-0.25, -0.2) is 0 Å². The second kappa shape index (κ2) is 15.9. The Morgan fingerprint density at radius 1 is 0.675 bits per heavy atom. The zero-order valence-electron chi connectivity index (χ0n) is 25.2. The smallest absolute Gasteiger partial charge is 1.00 e. The maximum atomic E-state index is 4.04. The normalized spacial score (nSPS) is 11.5. The first-order chi connectivity index (χ1) is 18.0. The number of benzene rings is 4. The van der Waals surface area contributed by atoms with E-state index in [0.29, 0.717) is 0 Å². The fourth-order valence-corrected chi connectivity index (χ4v) is 6.71. The number of rotatable bonds is 11. The standard InChI is InChI=1S/C37H45.2ClH.Zr/c1-6-7-8-9-10-11-12-13-14-15-18-29-23-33-34-24-30-19-16-17-20-31(30)37(34)32-22-21-25(2)26(3)35(32)36(33)28(5)27(29)4;;;/h16-17,19-22H,6-15,18,24H2,1-5H3;2*1H;/q-1;;;+3/p-2. The van der Waals surface area contributed by atoms with Gasteiger partial charge in [0, 0.05) is 0 Å². The van der Waals surface area contributed by atoms with Crippen molar-refractivity contribution in [3.63, 3.8) is 0 Å². The van der Waals surface area contributed by atoms with Gasteiger partial charge in [0.25, 0.3) is 0 Å². The Balaban J connectivity index is 0.00000187. The van der Waals surface area contributed by atoms with Crippen LogP contribution in [0.25, 0.3) is 32.7 Å². The van der Waals surface area contributed by atoms with E-state index < -0.39 is 0 Å². The third kappa shape index (κ3) is 6.91. The molecule has 4 aromatic rings. The molecule has 0 spiro atoms. The zero-order valence-corrected chi connectivity index (χ0v) is 29.2. The van der Waals surface area contributed by atoms with Crippen molar-refractivity contribution in [1.29, 1.82) is 0 Å². The summed E-state index contributed by atoms with van der Waals surface area (Å²) >= 11 is 0. The van der Waals surface area contributed by atoms with Crippen molar-refractivity contribution >= 4 is 21.5 Å². The summed E-state index contributed by atoms with van der Waals surface area (Å²) in [5.74, 6) is 0.